The van der Waals surface area contributed by atoms with Crippen LogP contribution in [-0.4, -0.2) is 40.5 Å². The van der Waals surface area contributed by atoms with E-state index in [1.807, 2.05) is 60.2 Å². The maximum atomic E-state index is 13.6. The van der Waals surface area contributed by atoms with Gasteiger partial charge in [0.2, 0.25) is 0 Å². The average Bonchev–Trinajstić information content (AvgIpc) is 3.28. The molecular weight excluding hydrogens is 419 g/mol. The van der Waals surface area contributed by atoms with Crippen LogP contribution in [0.15, 0.2) is 66.2 Å². The Balaban J connectivity index is 1.43. The molecular formula is C26H27FN4O2. The average molecular weight is 447 g/mol. The normalized spacial score (nSPS) is 20.3. The molecule has 1 fully saturated rings. The van der Waals surface area contributed by atoms with Gasteiger partial charge >= 0.3 is 0 Å². The number of imidazole rings is 1. The summed E-state index contributed by atoms with van der Waals surface area (Å²) in [6.45, 7) is 3.30. The van der Waals surface area contributed by atoms with Crippen LogP contribution in [0, 0.1) is 12.7 Å². The number of hydrogen-bond donors (Lipinski definition) is 0. The lowest BCUT2D eigenvalue weighted by Gasteiger charge is -2.49. The first-order chi connectivity index (χ1) is 16.1. The Hall–Kier alpha value is -3.61. The number of oxime groups is 1. The third-order valence-corrected chi connectivity index (χ3v) is 6.48. The Bertz CT molecular complexity index is 1200. The molecule has 0 amide bonds. The minimum absolute atomic E-state index is 0.230. The largest absolute Gasteiger partial charge is 0.495 e. The molecule has 2 aromatic carbocycles. The van der Waals surface area contributed by atoms with Gasteiger partial charge in [0, 0.05) is 12.7 Å². The van der Waals surface area contributed by atoms with Crippen LogP contribution in [0.25, 0.3) is 11.8 Å². The first-order valence-corrected chi connectivity index (χ1v) is 11.2. The summed E-state index contributed by atoms with van der Waals surface area (Å²) >= 11 is 0. The van der Waals surface area contributed by atoms with E-state index in [9.17, 15) is 4.39 Å². The molecule has 170 valence electrons. The second-order valence-corrected chi connectivity index (χ2v) is 8.56. The number of aromatic nitrogens is 2. The van der Waals surface area contributed by atoms with Crippen molar-refractivity contribution in [1.82, 2.24) is 14.5 Å². The highest BCUT2D eigenvalue weighted by Crippen LogP contribution is 2.40. The number of ether oxygens (including phenoxy) is 1. The van der Waals surface area contributed by atoms with Gasteiger partial charge in [-0.1, -0.05) is 29.4 Å². The van der Waals surface area contributed by atoms with Crippen LogP contribution < -0.4 is 4.74 Å². The van der Waals surface area contributed by atoms with Gasteiger partial charge in [-0.15, -0.1) is 0 Å². The second-order valence-electron chi connectivity index (χ2n) is 8.56. The summed E-state index contributed by atoms with van der Waals surface area (Å²) in [4.78, 5) is 12.3. The monoisotopic (exact) mass is 446 g/mol. The quantitative estimate of drug-likeness (QED) is 0.549. The van der Waals surface area contributed by atoms with Crippen LogP contribution in [0.1, 0.15) is 36.1 Å². The Labute approximate surface area is 192 Å². The summed E-state index contributed by atoms with van der Waals surface area (Å²) < 4.78 is 21.1. The number of halogens is 1. The van der Waals surface area contributed by atoms with Crippen LogP contribution in [0.2, 0.25) is 0 Å². The van der Waals surface area contributed by atoms with Crippen molar-refractivity contribution in [3.05, 3.63) is 83.7 Å². The smallest absolute Gasteiger partial charge is 0.169 e. The molecule has 0 spiro atoms. The van der Waals surface area contributed by atoms with Gasteiger partial charge in [0.15, 0.2) is 5.84 Å². The van der Waals surface area contributed by atoms with Gasteiger partial charge < -0.3 is 19.0 Å². The van der Waals surface area contributed by atoms with E-state index in [0.717, 1.165) is 59.9 Å². The number of fused-ring (bicyclic) bond motifs is 1. The number of piperidine rings is 1. The molecule has 6 nitrogen and oxygen atoms in total. The maximum absolute atomic E-state index is 13.6. The SMILES string of the molecule is COc1cc(/C=C/C2=NOCC3(c4ccc(F)cc4)CCCCN23)ccc1-n1cnc(C)c1. The fourth-order valence-corrected chi connectivity index (χ4v) is 4.77. The highest BCUT2D eigenvalue weighted by Gasteiger charge is 2.44. The summed E-state index contributed by atoms with van der Waals surface area (Å²) in [5, 5.41) is 4.37. The van der Waals surface area contributed by atoms with Gasteiger partial charge in [-0.2, -0.15) is 0 Å². The summed E-state index contributed by atoms with van der Waals surface area (Å²) in [6.07, 6.45) is 10.9. The second kappa shape index (κ2) is 8.73. The van der Waals surface area contributed by atoms with Gasteiger partial charge in [0.1, 0.15) is 23.7 Å². The molecule has 3 heterocycles. The molecule has 1 saturated heterocycles. The molecule has 33 heavy (non-hydrogen) atoms. The van der Waals surface area contributed by atoms with Crippen LogP contribution >= 0.6 is 0 Å². The lowest BCUT2D eigenvalue weighted by atomic mass is 9.80. The Kier molecular flexibility index (Phi) is 5.62. The number of hydrogen-bond acceptors (Lipinski definition) is 5. The molecule has 2 aliphatic heterocycles. The van der Waals surface area contributed by atoms with Gasteiger partial charge in [-0.3, -0.25) is 0 Å². The fraction of sp³-hybridized carbons (Fsp3) is 0.308. The van der Waals surface area contributed by atoms with E-state index in [1.165, 1.54) is 12.1 Å². The van der Waals surface area contributed by atoms with E-state index in [1.54, 1.807) is 13.4 Å². The zero-order chi connectivity index (χ0) is 22.8. The summed E-state index contributed by atoms with van der Waals surface area (Å²) in [5.74, 6) is 1.31. The molecule has 0 bridgehead atoms. The molecule has 0 saturated carbocycles. The molecule has 0 N–H and O–H groups in total. The summed E-state index contributed by atoms with van der Waals surface area (Å²) in [6, 6.07) is 12.8. The van der Waals surface area contributed by atoms with E-state index in [-0.39, 0.29) is 11.4 Å². The van der Waals surface area contributed by atoms with Gasteiger partial charge in [-0.25, -0.2) is 9.37 Å². The van der Waals surface area contributed by atoms with E-state index in [0.29, 0.717) is 6.61 Å². The van der Waals surface area contributed by atoms with Crippen molar-refractivity contribution in [2.24, 2.45) is 5.16 Å². The molecule has 7 heteroatoms. The van der Waals surface area contributed by atoms with Crippen LogP contribution in [-0.2, 0) is 10.4 Å². The predicted octanol–water partition coefficient (Wildman–Crippen LogP) is 5.07. The molecule has 0 aliphatic carbocycles. The topological polar surface area (TPSA) is 51.9 Å². The standard InChI is InChI=1S/C26H27FN4O2/c1-19-16-30(18-28-19)23-11-5-20(15-24(23)32-2)6-12-25-29-33-17-26(13-3-4-14-31(25)26)21-7-9-22(27)10-8-21/h5-12,15-16,18H,3-4,13-14,17H2,1-2H3/b12-6+. The number of amidine groups is 1. The van der Waals surface area contributed by atoms with Gasteiger partial charge in [-0.05, 0) is 67.7 Å². The van der Waals surface area contributed by atoms with Crippen molar-refractivity contribution in [3.63, 3.8) is 0 Å². The van der Waals surface area contributed by atoms with E-state index in [2.05, 4.69) is 15.0 Å². The Morgan fingerprint density at radius 1 is 1.12 bits per heavy atom. The fourth-order valence-electron chi connectivity index (χ4n) is 4.77. The lowest BCUT2D eigenvalue weighted by Crippen LogP contribution is -2.56. The van der Waals surface area contributed by atoms with E-state index < -0.39 is 0 Å². The zero-order valence-corrected chi connectivity index (χ0v) is 18.9. The van der Waals surface area contributed by atoms with Gasteiger partial charge in [0.25, 0.3) is 0 Å². The van der Waals surface area contributed by atoms with Crippen molar-refractivity contribution < 1.29 is 14.0 Å². The van der Waals surface area contributed by atoms with Crippen molar-refractivity contribution in [3.8, 4) is 11.4 Å². The molecule has 1 unspecified atom stereocenters. The number of aryl methyl sites for hydroxylation is 1. The van der Waals surface area contributed by atoms with Gasteiger partial charge in [0.05, 0.1) is 24.8 Å². The predicted molar refractivity (Wildman–Crippen MR) is 126 cm³/mol. The number of nitrogens with zero attached hydrogens (tertiary/aromatic N) is 4. The molecule has 0 radical (unpaired) electrons. The number of methoxy groups -OCH3 is 1. The molecule has 1 atom stereocenters. The summed E-state index contributed by atoms with van der Waals surface area (Å²) in [5.41, 5.74) is 3.60. The van der Waals surface area contributed by atoms with Crippen molar-refractivity contribution in [2.45, 2.75) is 31.7 Å². The van der Waals surface area contributed by atoms with Crippen molar-refractivity contribution >= 4 is 11.9 Å². The summed E-state index contributed by atoms with van der Waals surface area (Å²) in [7, 11) is 1.67. The minimum atomic E-state index is -0.325. The Morgan fingerprint density at radius 3 is 2.73 bits per heavy atom. The molecule has 5 rings (SSSR count). The number of benzene rings is 2. The van der Waals surface area contributed by atoms with Crippen LogP contribution in [0.4, 0.5) is 4.39 Å². The first-order valence-electron chi connectivity index (χ1n) is 11.2. The lowest BCUT2D eigenvalue weighted by molar-refractivity contribution is -0.0240. The highest BCUT2D eigenvalue weighted by molar-refractivity contribution is 5.97. The maximum Gasteiger partial charge on any atom is 0.169 e. The van der Waals surface area contributed by atoms with E-state index in [4.69, 9.17) is 9.57 Å². The third kappa shape index (κ3) is 3.99. The zero-order valence-electron chi connectivity index (χ0n) is 18.9. The van der Waals surface area contributed by atoms with E-state index >= 15 is 0 Å². The van der Waals surface area contributed by atoms with Crippen LogP contribution in [0.3, 0.4) is 0 Å². The van der Waals surface area contributed by atoms with Crippen molar-refractivity contribution in [2.75, 3.05) is 20.3 Å². The first kappa shape index (κ1) is 21.2. The molecule has 1 aromatic heterocycles. The van der Waals surface area contributed by atoms with Crippen LogP contribution in [0.5, 0.6) is 5.75 Å². The minimum Gasteiger partial charge on any atom is -0.495 e. The third-order valence-electron chi connectivity index (χ3n) is 6.48. The molecule has 3 aromatic rings. The highest BCUT2D eigenvalue weighted by atomic mass is 19.1. The molecule has 2 aliphatic rings. The number of rotatable bonds is 5. The Morgan fingerprint density at radius 2 is 1.97 bits per heavy atom. The van der Waals surface area contributed by atoms with Crippen molar-refractivity contribution in [1.29, 1.82) is 0 Å².